The number of carbonyl (C=O) groups is 2. The van der Waals surface area contributed by atoms with Crippen LogP contribution in [-0.4, -0.2) is 29.5 Å². The molecule has 114 valence electrons. The molecule has 2 atom stereocenters. The first kappa shape index (κ1) is 15.4. The summed E-state index contributed by atoms with van der Waals surface area (Å²) in [7, 11) is 0. The van der Waals surface area contributed by atoms with Gasteiger partial charge in [0.1, 0.15) is 17.6 Å². The lowest BCUT2D eigenvalue weighted by Crippen LogP contribution is -2.43. The summed E-state index contributed by atoms with van der Waals surface area (Å²) in [5.41, 5.74) is 0.684. The van der Waals surface area contributed by atoms with E-state index in [2.05, 4.69) is 5.32 Å². The lowest BCUT2D eigenvalue weighted by molar-refractivity contribution is -0.147. The van der Waals surface area contributed by atoms with Gasteiger partial charge in [-0.05, 0) is 44.0 Å². The highest BCUT2D eigenvalue weighted by molar-refractivity contribution is 5.91. The third-order valence-electron chi connectivity index (χ3n) is 3.73. The minimum absolute atomic E-state index is 0.116. The Balaban J connectivity index is 2.16. The number of phenols is 1. The molecule has 0 saturated heterocycles. The van der Waals surface area contributed by atoms with E-state index >= 15 is 0 Å². The number of anilines is 1. The van der Waals surface area contributed by atoms with Crippen molar-refractivity contribution < 1.29 is 19.4 Å². The van der Waals surface area contributed by atoms with Crippen molar-refractivity contribution in [2.45, 2.75) is 38.6 Å². The zero-order valence-electron chi connectivity index (χ0n) is 12.2. The van der Waals surface area contributed by atoms with Crippen molar-refractivity contribution in [2.24, 2.45) is 5.92 Å². The molecule has 0 spiro atoms. The predicted molar refractivity (Wildman–Crippen MR) is 79.1 cm³/mol. The van der Waals surface area contributed by atoms with Crippen LogP contribution in [0.4, 0.5) is 5.69 Å². The van der Waals surface area contributed by atoms with Crippen LogP contribution in [0.1, 0.15) is 32.6 Å². The van der Waals surface area contributed by atoms with Crippen molar-refractivity contribution in [1.82, 2.24) is 0 Å². The van der Waals surface area contributed by atoms with Crippen LogP contribution in [0.25, 0.3) is 0 Å². The molecule has 1 fully saturated rings. The van der Waals surface area contributed by atoms with Crippen molar-refractivity contribution >= 4 is 17.4 Å². The van der Waals surface area contributed by atoms with E-state index in [0.717, 1.165) is 12.8 Å². The summed E-state index contributed by atoms with van der Waals surface area (Å²) in [5.74, 6) is -0.468. The molecular weight excluding hydrogens is 270 g/mol. The summed E-state index contributed by atoms with van der Waals surface area (Å²) in [6.07, 6.45) is 3.07. The van der Waals surface area contributed by atoms with Gasteiger partial charge in [-0.2, -0.15) is 0 Å². The van der Waals surface area contributed by atoms with Gasteiger partial charge in [0.25, 0.3) is 0 Å². The number of ether oxygens (including phenoxy) is 1. The lowest BCUT2D eigenvalue weighted by Gasteiger charge is -2.28. The van der Waals surface area contributed by atoms with Gasteiger partial charge in [0, 0.05) is 18.0 Å². The number of aromatic hydroxyl groups is 1. The zero-order chi connectivity index (χ0) is 15.2. The molecule has 0 aliphatic heterocycles. The van der Waals surface area contributed by atoms with Gasteiger partial charge in [0.2, 0.25) is 0 Å². The first-order valence-corrected chi connectivity index (χ1v) is 7.36. The fraction of sp³-hybridized carbons (Fsp3) is 0.500. The normalized spacial score (nSPS) is 19.9. The van der Waals surface area contributed by atoms with E-state index in [1.165, 1.54) is 12.1 Å². The Kier molecular flexibility index (Phi) is 5.20. The molecule has 21 heavy (non-hydrogen) atoms. The number of ketones is 1. The van der Waals surface area contributed by atoms with E-state index in [9.17, 15) is 14.7 Å². The molecule has 0 radical (unpaired) electrons. The summed E-state index contributed by atoms with van der Waals surface area (Å²) in [5, 5.41) is 12.4. The fourth-order valence-electron chi connectivity index (χ4n) is 2.66. The molecule has 0 aromatic heterocycles. The third-order valence-corrected chi connectivity index (χ3v) is 3.73. The van der Waals surface area contributed by atoms with Crippen LogP contribution in [-0.2, 0) is 14.3 Å². The number of Topliss-reactive ketones (excluding diaryl/α,β-unsaturated/α-hetero) is 1. The molecule has 1 aromatic carbocycles. The second kappa shape index (κ2) is 7.11. The zero-order valence-corrected chi connectivity index (χ0v) is 12.2. The summed E-state index contributed by atoms with van der Waals surface area (Å²) < 4.78 is 5.10. The van der Waals surface area contributed by atoms with Crippen LogP contribution in [0, 0.1) is 5.92 Å². The maximum atomic E-state index is 12.2. The number of esters is 1. The highest BCUT2D eigenvalue weighted by Gasteiger charge is 2.35. The second-order valence-corrected chi connectivity index (χ2v) is 5.24. The van der Waals surface area contributed by atoms with Crippen LogP contribution in [0.5, 0.6) is 5.75 Å². The molecule has 1 aliphatic rings. The van der Waals surface area contributed by atoms with E-state index in [1.807, 2.05) is 0 Å². The first-order chi connectivity index (χ1) is 10.1. The Morgan fingerprint density at radius 2 is 2.10 bits per heavy atom. The Morgan fingerprint density at radius 1 is 1.38 bits per heavy atom. The predicted octanol–water partition coefficient (Wildman–Crippen LogP) is 2.50. The van der Waals surface area contributed by atoms with E-state index < -0.39 is 12.0 Å². The molecule has 0 heterocycles. The Bertz CT molecular complexity index is 498. The smallest absolute Gasteiger partial charge is 0.329 e. The maximum Gasteiger partial charge on any atom is 0.329 e. The number of carbonyl (C=O) groups excluding carboxylic acids is 2. The van der Waals surface area contributed by atoms with E-state index in [1.54, 1.807) is 19.1 Å². The number of hydrogen-bond donors (Lipinski definition) is 2. The Morgan fingerprint density at radius 3 is 2.71 bits per heavy atom. The Hall–Kier alpha value is -2.04. The molecule has 2 rings (SSSR count). The lowest BCUT2D eigenvalue weighted by atomic mass is 9.82. The van der Waals surface area contributed by atoms with E-state index in [0.29, 0.717) is 18.5 Å². The SMILES string of the molecule is CCOC(=O)[C@H](Nc1ccc(O)cc1)[C@H]1CCCCC1=O. The molecule has 1 aromatic rings. The monoisotopic (exact) mass is 291 g/mol. The topological polar surface area (TPSA) is 75.6 Å². The molecule has 1 aliphatic carbocycles. The van der Waals surface area contributed by atoms with Crippen molar-refractivity contribution in [2.75, 3.05) is 11.9 Å². The molecule has 5 nitrogen and oxygen atoms in total. The summed E-state index contributed by atoms with van der Waals surface area (Å²) >= 11 is 0. The van der Waals surface area contributed by atoms with E-state index in [-0.39, 0.29) is 24.1 Å². The van der Waals surface area contributed by atoms with Crippen LogP contribution in [0.15, 0.2) is 24.3 Å². The van der Waals surface area contributed by atoms with Gasteiger partial charge in [-0.25, -0.2) is 4.79 Å². The van der Waals surface area contributed by atoms with Crippen molar-refractivity contribution in [3.8, 4) is 5.75 Å². The van der Waals surface area contributed by atoms with Gasteiger partial charge in [-0.15, -0.1) is 0 Å². The van der Waals surface area contributed by atoms with Gasteiger partial charge in [0.15, 0.2) is 0 Å². The number of rotatable bonds is 5. The van der Waals surface area contributed by atoms with Crippen molar-refractivity contribution in [3.63, 3.8) is 0 Å². The largest absolute Gasteiger partial charge is 0.508 e. The van der Waals surface area contributed by atoms with E-state index in [4.69, 9.17) is 4.74 Å². The summed E-state index contributed by atoms with van der Waals surface area (Å²) in [6, 6.07) is 5.76. The molecule has 5 heteroatoms. The van der Waals surface area contributed by atoms with Crippen LogP contribution in [0.2, 0.25) is 0 Å². The number of benzene rings is 1. The number of hydrogen-bond acceptors (Lipinski definition) is 5. The first-order valence-electron chi connectivity index (χ1n) is 7.36. The average molecular weight is 291 g/mol. The van der Waals surface area contributed by atoms with Crippen LogP contribution in [0.3, 0.4) is 0 Å². The van der Waals surface area contributed by atoms with Gasteiger partial charge < -0.3 is 15.2 Å². The van der Waals surface area contributed by atoms with Crippen LogP contribution < -0.4 is 5.32 Å². The highest BCUT2D eigenvalue weighted by atomic mass is 16.5. The third kappa shape index (κ3) is 3.97. The minimum atomic E-state index is -0.665. The second-order valence-electron chi connectivity index (χ2n) is 5.24. The standard InChI is InChI=1S/C16H21NO4/c1-2-21-16(20)15(13-5-3-4-6-14(13)19)17-11-7-9-12(18)10-8-11/h7-10,13,15,17-18H,2-6H2,1H3/t13-,15+/m0/s1. The average Bonchev–Trinajstić information content (AvgIpc) is 2.48. The number of phenolic OH excluding ortho intramolecular Hbond substituents is 1. The van der Waals surface area contributed by atoms with Crippen molar-refractivity contribution in [3.05, 3.63) is 24.3 Å². The summed E-state index contributed by atoms with van der Waals surface area (Å²) in [6.45, 7) is 2.03. The molecule has 0 amide bonds. The molecule has 0 bridgehead atoms. The van der Waals surface area contributed by atoms with Crippen LogP contribution >= 0.6 is 0 Å². The maximum absolute atomic E-state index is 12.2. The molecular formula is C16H21NO4. The van der Waals surface area contributed by atoms with Gasteiger partial charge in [-0.1, -0.05) is 6.42 Å². The molecule has 1 saturated carbocycles. The van der Waals surface area contributed by atoms with Crippen molar-refractivity contribution in [1.29, 1.82) is 0 Å². The Labute approximate surface area is 124 Å². The molecule has 0 unspecified atom stereocenters. The summed E-state index contributed by atoms with van der Waals surface area (Å²) in [4.78, 5) is 24.3. The molecule has 2 N–H and O–H groups in total. The highest BCUT2D eigenvalue weighted by Crippen LogP contribution is 2.27. The van der Waals surface area contributed by atoms with Gasteiger partial charge in [0.05, 0.1) is 6.61 Å². The van der Waals surface area contributed by atoms with Gasteiger partial charge >= 0.3 is 5.97 Å². The number of nitrogens with one attached hydrogen (secondary N) is 1. The van der Waals surface area contributed by atoms with Gasteiger partial charge in [-0.3, -0.25) is 4.79 Å². The minimum Gasteiger partial charge on any atom is -0.508 e. The quantitative estimate of drug-likeness (QED) is 0.644. The fourth-order valence-corrected chi connectivity index (χ4v) is 2.66.